The fourth-order valence-electron chi connectivity index (χ4n) is 6.22. The second-order valence-electron chi connectivity index (χ2n) is 10.7. The molecule has 3 saturated heterocycles. The Morgan fingerprint density at radius 3 is 2.78 bits per heavy atom. The topological polar surface area (TPSA) is 79.8 Å². The molecule has 6 atom stereocenters. The third kappa shape index (κ3) is 4.50. The molecule has 11 heteroatoms. The Balaban J connectivity index is 1.26. The van der Waals surface area contributed by atoms with Gasteiger partial charge in [-0.05, 0) is 31.2 Å². The second kappa shape index (κ2) is 9.57. The first-order valence-corrected chi connectivity index (χ1v) is 12.7. The quantitative estimate of drug-likeness (QED) is 0.591. The number of hydrogen-bond acceptors (Lipinski definition) is 7. The molecule has 0 saturated carbocycles. The lowest BCUT2D eigenvalue weighted by atomic mass is 9.74. The number of fused-ring (bicyclic) bond motifs is 2. The number of carbonyl (C=O) groups is 1. The molecule has 36 heavy (non-hydrogen) atoms. The van der Waals surface area contributed by atoms with Crippen LogP contribution in [0.3, 0.4) is 0 Å². The SMILES string of the molecule is CO[C@@H]1COCC[C@@H]1N[C@@H]1C=C[C@@](C(=O)N2C[C@@H]3C[C@H]2CN3c2nccc(C(F)(F)F)n2)(C(C)C)C1. The van der Waals surface area contributed by atoms with E-state index in [1.54, 1.807) is 7.11 Å². The van der Waals surface area contributed by atoms with Gasteiger partial charge in [-0.3, -0.25) is 4.79 Å². The minimum absolute atomic E-state index is 0.0183. The summed E-state index contributed by atoms with van der Waals surface area (Å²) < 4.78 is 50.5. The molecular weight excluding hydrogens is 475 g/mol. The van der Waals surface area contributed by atoms with Crippen LogP contribution in [-0.4, -0.2) is 84.5 Å². The van der Waals surface area contributed by atoms with E-state index in [4.69, 9.17) is 9.47 Å². The number of methoxy groups -OCH3 is 1. The molecule has 3 aliphatic heterocycles. The first-order valence-electron chi connectivity index (χ1n) is 12.7. The standard InChI is InChI=1S/C25H34F3N5O3/c1-15(2)24(7-4-16(11-24)30-19-6-9-36-14-20(19)35-3)22(34)32-12-18-10-17(32)13-33(18)23-29-8-5-21(31-23)25(26,27)28/h4-5,7-8,15-20,30H,6,9-14H2,1-3H3/t16-,17+,18+,19+,20-,24+/m1/s1. The van der Waals surface area contributed by atoms with E-state index in [1.807, 2.05) is 9.80 Å². The predicted molar refractivity (Wildman–Crippen MR) is 126 cm³/mol. The average Bonchev–Trinajstić information content (AvgIpc) is 3.58. The monoisotopic (exact) mass is 509 g/mol. The number of carbonyl (C=O) groups excluding carboxylic acids is 1. The molecule has 1 aliphatic carbocycles. The first kappa shape index (κ1) is 25.4. The van der Waals surface area contributed by atoms with Gasteiger partial charge in [-0.1, -0.05) is 26.0 Å². The van der Waals surface area contributed by atoms with Gasteiger partial charge in [-0.25, -0.2) is 9.97 Å². The van der Waals surface area contributed by atoms with Gasteiger partial charge < -0.3 is 24.6 Å². The third-order valence-electron chi connectivity index (χ3n) is 8.34. The Kier molecular flexibility index (Phi) is 6.76. The van der Waals surface area contributed by atoms with Crippen LogP contribution in [0.4, 0.5) is 19.1 Å². The normalized spacial score (nSPS) is 34.2. The summed E-state index contributed by atoms with van der Waals surface area (Å²) in [5.41, 5.74) is -1.57. The van der Waals surface area contributed by atoms with E-state index in [0.717, 1.165) is 18.7 Å². The van der Waals surface area contributed by atoms with Crippen LogP contribution >= 0.6 is 0 Å². The smallest absolute Gasteiger partial charge is 0.379 e. The van der Waals surface area contributed by atoms with Crippen LogP contribution in [-0.2, 0) is 20.4 Å². The van der Waals surface area contributed by atoms with Crippen LogP contribution in [0.15, 0.2) is 24.4 Å². The van der Waals surface area contributed by atoms with Gasteiger partial charge in [0.2, 0.25) is 11.9 Å². The third-order valence-corrected chi connectivity index (χ3v) is 8.34. The zero-order chi connectivity index (χ0) is 25.7. The van der Waals surface area contributed by atoms with Crippen LogP contribution in [0.2, 0.25) is 0 Å². The fraction of sp³-hybridized carbons (Fsp3) is 0.720. The van der Waals surface area contributed by atoms with Gasteiger partial charge in [-0.15, -0.1) is 0 Å². The van der Waals surface area contributed by atoms with E-state index in [1.165, 1.54) is 0 Å². The molecule has 4 aliphatic rings. The molecule has 8 nitrogen and oxygen atoms in total. The lowest BCUT2D eigenvalue weighted by Gasteiger charge is -2.41. The molecule has 1 N–H and O–H groups in total. The van der Waals surface area contributed by atoms with Crippen molar-refractivity contribution in [3.05, 3.63) is 30.1 Å². The lowest BCUT2D eigenvalue weighted by molar-refractivity contribution is -0.143. The van der Waals surface area contributed by atoms with Gasteiger partial charge in [-0.2, -0.15) is 13.2 Å². The van der Waals surface area contributed by atoms with Crippen LogP contribution in [0.5, 0.6) is 0 Å². The second-order valence-corrected chi connectivity index (χ2v) is 10.7. The minimum Gasteiger partial charge on any atom is -0.379 e. The molecule has 4 heterocycles. The summed E-state index contributed by atoms with van der Waals surface area (Å²) in [5, 5.41) is 3.67. The summed E-state index contributed by atoms with van der Waals surface area (Å²) in [4.78, 5) is 25.6. The van der Waals surface area contributed by atoms with Crippen molar-refractivity contribution in [2.45, 2.75) is 69.6 Å². The van der Waals surface area contributed by atoms with E-state index in [0.29, 0.717) is 39.1 Å². The van der Waals surface area contributed by atoms with Gasteiger partial charge >= 0.3 is 6.18 Å². The number of hydrogen-bond donors (Lipinski definition) is 1. The Bertz CT molecular complexity index is 1010. The van der Waals surface area contributed by atoms with Gasteiger partial charge in [0.05, 0.1) is 30.2 Å². The van der Waals surface area contributed by atoms with Crippen molar-refractivity contribution >= 4 is 11.9 Å². The van der Waals surface area contributed by atoms with E-state index in [2.05, 4.69) is 41.3 Å². The number of nitrogens with one attached hydrogen (secondary N) is 1. The van der Waals surface area contributed by atoms with Crippen molar-refractivity contribution in [3.8, 4) is 0 Å². The van der Waals surface area contributed by atoms with Gasteiger partial charge in [0.25, 0.3) is 0 Å². The number of aromatic nitrogens is 2. The summed E-state index contributed by atoms with van der Waals surface area (Å²) in [6, 6.07) is 0.958. The minimum atomic E-state index is -4.52. The molecule has 1 aromatic rings. The van der Waals surface area contributed by atoms with Crippen molar-refractivity contribution in [2.24, 2.45) is 11.3 Å². The number of ether oxygens (including phenoxy) is 2. The molecule has 0 unspecified atom stereocenters. The van der Waals surface area contributed by atoms with Gasteiger partial charge in [0, 0.05) is 45.1 Å². The maximum absolute atomic E-state index is 14.0. The molecular formula is C25H34F3N5O3. The van der Waals surface area contributed by atoms with Crippen LogP contribution in [0.25, 0.3) is 0 Å². The highest BCUT2D eigenvalue weighted by Crippen LogP contribution is 2.45. The average molecular weight is 510 g/mol. The fourth-order valence-corrected chi connectivity index (χ4v) is 6.22. The highest BCUT2D eigenvalue weighted by molar-refractivity contribution is 5.87. The van der Waals surface area contributed by atoms with Gasteiger partial charge in [0.1, 0.15) is 5.69 Å². The van der Waals surface area contributed by atoms with Crippen LogP contribution < -0.4 is 10.2 Å². The molecule has 2 bridgehead atoms. The molecule has 1 aromatic heterocycles. The van der Waals surface area contributed by atoms with Crippen LogP contribution in [0.1, 0.15) is 38.8 Å². The number of halogens is 3. The Labute approximate surface area is 209 Å². The number of rotatable bonds is 6. The lowest BCUT2D eigenvalue weighted by Crippen LogP contribution is -2.55. The highest BCUT2D eigenvalue weighted by atomic mass is 19.4. The Hall–Kier alpha value is -2.24. The molecule has 1 amide bonds. The Morgan fingerprint density at radius 1 is 1.31 bits per heavy atom. The van der Waals surface area contributed by atoms with Crippen molar-refractivity contribution in [2.75, 3.05) is 38.3 Å². The van der Waals surface area contributed by atoms with E-state index in [9.17, 15) is 18.0 Å². The maximum Gasteiger partial charge on any atom is 0.433 e. The molecule has 0 radical (unpaired) electrons. The molecule has 0 aromatic carbocycles. The first-order chi connectivity index (χ1) is 17.1. The summed E-state index contributed by atoms with van der Waals surface area (Å²) in [6.45, 7) is 6.30. The Morgan fingerprint density at radius 2 is 2.11 bits per heavy atom. The summed E-state index contributed by atoms with van der Waals surface area (Å²) >= 11 is 0. The number of piperazine rings is 1. The molecule has 3 fully saturated rings. The molecule has 0 spiro atoms. The van der Waals surface area contributed by atoms with E-state index < -0.39 is 17.3 Å². The van der Waals surface area contributed by atoms with Crippen molar-refractivity contribution in [3.63, 3.8) is 0 Å². The number of anilines is 1. The maximum atomic E-state index is 14.0. The van der Waals surface area contributed by atoms with Gasteiger partial charge in [0.15, 0.2) is 0 Å². The molecule has 198 valence electrons. The number of nitrogens with zero attached hydrogens (tertiary/aromatic N) is 4. The van der Waals surface area contributed by atoms with E-state index >= 15 is 0 Å². The number of likely N-dealkylation sites (tertiary alicyclic amines) is 1. The summed E-state index contributed by atoms with van der Waals surface area (Å²) in [7, 11) is 1.69. The van der Waals surface area contributed by atoms with Crippen LogP contribution in [0, 0.1) is 11.3 Å². The molecule has 5 rings (SSSR count). The van der Waals surface area contributed by atoms with Crippen molar-refractivity contribution in [1.29, 1.82) is 0 Å². The largest absolute Gasteiger partial charge is 0.433 e. The zero-order valence-corrected chi connectivity index (χ0v) is 20.9. The van der Waals surface area contributed by atoms with Crippen molar-refractivity contribution in [1.82, 2.24) is 20.2 Å². The van der Waals surface area contributed by atoms with Crippen molar-refractivity contribution < 1.29 is 27.4 Å². The van der Waals surface area contributed by atoms with E-state index in [-0.39, 0.29) is 48.0 Å². The highest BCUT2D eigenvalue weighted by Gasteiger charge is 2.53. The predicted octanol–water partition coefficient (Wildman–Crippen LogP) is 2.65. The zero-order valence-electron chi connectivity index (χ0n) is 20.9. The summed E-state index contributed by atoms with van der Waals surface area (Å²) in [6.07, 6.45) is 3.03. The number of alkyl halides is 3. The number of amides is 1. The summed E-state index contributed by atoms with van der Waals surface area (Å²) in [5.74, 6) is 0.283.